The SMILES string of the molecule is CC(C)Oc1ccc(S(N)(=O)=O)cc1Cc1nc(-c2ccnc(Cl)c2)cs1. The third kappa shape index (κ3) is 5.04. The zero-order valence-electron chi connectivity index (χ0n) is 14.7. The number of hydrogen-bond donors (Lipinski definition) is 1. The second-order valence-electron chi connectivity index (χ2n) is 6.15. The van der Waals surface area contributed by atoms with Crippen LogP contribution < -0.4 is 9.88 Å². The fourth-order valence-electron chi connectivity index (χ4n) is 2.49. The first-order valence-corrected chi connectivity index (χ1v) is 10.9. The molecule has 0 saturated carbocycles. The Labute approximate surface area is 167 Å². The highest BCUT2D eigenvalue weighted by Gasteiger charge is 2.15. The van der Waals surface area contributed by atoms with Crippen molar-refractivity contribution < 1.29 is 13.2 Å². The summed E-state index contributed by atoms with van der Waals surface area (Å²) in [5, 5.41) is 8.41. The molecule has 0 aliphatic carbocycles. The van der Waals surface area contributed by atoms with Gasteiger partial charge < -0.3 is 4.74 Å². The van der Waals surface area contributed by atoms with Crippen LogP contribution in [0, 0.1) is 0 Å². The Bertz CT molecular complexity index is 1070. The van der Waals surface area contributed by atoms with Gasteiger partial charge in [0.25, 0.3) is 0 Å². The molecule has 0 aliphatic heterocycles. The fraction of sp³-hybridized carbons (Fsp3) is 0.222. The normalized spacial score (nSPS) is 11.7. The molecule has 2 N–H and O–H groups in total. The van der Waals surface area contributed by atoms with E-state index >= 15 is 0 Å². The van der Waals surface area contributed by atoms with Crippen molar-refractivity contribution in [3.63, 3.8) is 0 Å². The summed E-state index contributed by atoms with van der Waals surface area (Å²) in [6.45, 7) is 3.82. The van der Waals surface area contributed by atoms with E-state index in [1.165, 1.54) is 23.5 Å². The molecule has 0 radical (unpaired) electrons. The second-order valence-corrected chi connectivity index (χ2v) is 9.04. The van der Waals surface area contributed by atoms with Crippen LogP contribution in [-0.2, 0) is 16.4 Å². The van der Waals surface area contributed by atoms with Crippen molar-refractivity contribution in [2.24, 2.45) is 5.14 Å². The number of primary sulfonamides is 1. The molecule has 0 atom stereocenters. The predicted octanol–water partition coefficient (Wildman–Crippen LogP) is 3.88. The molecular formula is C18H18ClN3O3S2. The standard InChI is InChI=1S/C18H18ClN3O3S2/c1-11(2)25-16-4-3-14(27(20,23)24)7-13(16)9-18-22-15(10-26-18)12-5-6-21-17(19)8-12/h3-8,10-11H,9H2,1-2H3,(H2,20,23,24). The summed E-state index contributed by atoms with van der Waals surface area (Å²) in [5.74, 6) is 0.612. The van der Waals surface area contributed by atoms with E-state index in [1.54, 1.807) is 18.3 Å². The van der Waals surface area contributed by atoms with Crippen molar-refractivity contribution >= 4 is 33.0 Å². The maximum atomic E-state index is 11.7. The van der Waals surface area contributed by atoms with Crippen molar-refractivity contribution in [2.75, 3.05) is 0 Å². The molecule has 142 valence electrons. The Kier molecular flexibility index (Phi) is 5.81. The van der Waals surface area contributed by atoms with E-state index in [-0.39, 0.29) is 11.0 Å². The Morgan fingerprint density at radius 3 is 2.70 bits per heavy atom. The maximum Gasteiger partial charge on any atom is 0.238 e. The van der Waals surface area contributed by atoms with Gasteiger partial charge in [0.2, 0.25) is 10.0 Å². The Hall–Kier alpha value is -2.00. The zero-order valence-corrected chi connectivity index (χ0v) is 17.1. The van der Waals surface area contributed by atoms with Gasteiger partial charge in [-0.1, -0.05) is 11.6 Å². The van der Waals surface area contributed by atoms with Crippen molar-refractivity contribution in [2.45, 2.75) is 31.3 Å². The van der Waals surface area contributed by atoms with Gasteiger partial charge in [-0.15, -0.1) is 11.3 Å². The second kappa shape index (κ2) is 7.93. The smallest absolute Gasteiger partial charge is 0.238 e. The average Bonchev–Trinajstić information content (AvgIpc) is 3.03. The van der Waals surface area contributed by atoms with Crippen molar-refractivity contribution in [1.29, 1.82) is 0 Å². The fourth-order valence-corrected chi connectivity index (χ4v) is 4.05. The van der Waals surface area contributed by atoms with Gasteiger partial charge in [0.05, 0.1) is 21.7 Å². The van der Waals surface area contributed by atoms with Gasteiger partial charge in [-0.25, -0.2) is 23.5 Å². The minimum Gasteiger partial charge on any atom is -0.491 e. The van der Waals surface area contributed by atoms with E-state index in [2.05, 4.69) is 9.97 Å². The number of ether oxygens (including phenoxy) is 1. The van der Waals surface area contributed by atoms with Gasteiger partial charge >= 0.3 is 0 Å². The first-order chi connectivity index (χ1) is 12.7. The maximum absolute atomic E-state index is 11.7. The number of thiazole rings is 1. The van der Waals surface area contributed by atoms with Crippen LogP contribution in [0.3, 0.4) is 0 Å². The molecule has 0 amide bonds. The van der Waals surface area contributed by atoms with Crippen molar-refractivity contribution in [1.82, 2.24) is 9.97 Å². The molecular weight excluding hydrogens is 406 g/mol. The topological polar surface area (TPSA) is 95.2 Å². The molecule has 0 saturated heterocycles. The van der Waals surface area contributed by atoms with E-state index in [4.69, 9.17) is 21.5 Å². The molecule has 0 bridgehead atoms. The number of pyridine rings is 1. The van der Waals surface area contributed by atoms with Gasteiger partial charge in [0.1, 0.15) is 10.9 Å². The first-order valence-electron chi connectivity index (χ1n) is 8.11. The van der Waals surface area contributed by atoms with Gasteiger partial charge in [-0.2, -0.15) is 0 Å². The minimum atomic E-state index is -3.80. The van der Waals surface area contributed by atoms with Crippen LogP contribution >= 0.6 is 22.9 Å². The molecule has 2 aromatic heterocycles. The summed E-state index contributed by atoms with van der Waals surface area (Å²) in [4.78, 5) is 8.64. The van der Waals surface area contributed by atoms with Crippen molar-refractivity contribution in [3.05, 3.63) is 57.6 Å². The Morgan fingerprint density at radius 2 is 2.04 bits per heavy atom. The number of nitrogens with zero attached hydrogens (tertiary/aromatic N) is 2. The highest BCUT2D eigenvalue weighted by atomic mass is 35.5. The minimum absolute atomic E-state index is 0.0464. The average molecular weight is 424 g/mol. The number of rotatable bonds is 6. The molecule has 3 rings (SSSR count). The lowest BCUT2D eigenvalue weighted by Gasteiger charge is -2.14. The lowest BCUT2D eigenvalue weighted by Crippen LogP contribution is -2.13. The molecule has 1 aromatic carbocycles. The van der Waals surface area contributed by atoms with Gasteiger partial charge in [0.15, 0.2) is 0 Å². The summed E-state index contributed by atoms with van der Waals surface area (Å²) < 4.78 is 29.2. The molecule has 27 heavy (non-hydrogen) atoms. The highest BCUT2D eigenvalue weighted by Crippen LogP contribution is 2.29. The molecule has 0 unspecified atom stereocenters. The summed E-state index contributed by atoms with van der Waals surface area (Å²) in [6, 6.07) is 8.20. The molecule has 9 heteroatoms. The number of aromatic nitrogens is 2. The van der Waals surface area contributed by atoms with Crippen LogP contribution in [-0.4, -0.2) is 24.5 Å². The van der Waals surface area contributed by atoms with Crippen LogP contribution in [0.25, 0.3) is 11.3 Å². The molecule has 0 fully saturated rings. The number of halogens is 1. The van der Waals surface area contributed by atoms with Gasteiger partial charge in [-0.05, 0) is 44.2 Å². The molecule has 3 aromatic rings. The Balaban J connectivity index is 1.94. The number of sulfonamides is 1. The summed E-state index contributed by atoms with van der Waals surface area (Å²) in [6.07, 6.45) is 2.00. The van der Waals surface area contributed by atoms with Crippen LogP contribution in [0.1, 0.15) is 24.4 Å². The predicted molar refractivity (Wildman–Crippen MR) is 107 cm³/mol. The molecule has 2 heterocycles. The van der Waals surface area contributed by atoms with E-state index in [1.807, 2.05) is 25.3 Å². The zero-order chi connectivity index (χ0) is 19.6. The van der Waals surface area contributed by atoms with Crippen LogP contribution in [0.5, 0.6) is 5.75 Å². The summed E-state index contributed by atoms with van der Waals surface area (Å²) >= 11 is 7.42. The summed E-state index contributed by atoms with van der Waals surface area (Å²) in [7, 11) is -3.80. The largest absolute Gasteiger partial charge is 0.491 e. The van der Waals surface area contributed by atoms with E-state index in [0.29, 0.717) is 22.9 Å². The van der Waals surface area contributed by atoms with Crippen molar-refractivity contribution in [3.8, 4) is 17.0 Å². The van der Waals surface area contributed by atoms with Crippen LogP contribution in [0.2, 0.25) is 5.15 Å². The third-order valence-corrected chi connectivity index (χ3v) is 5.61. The van der Waals surface area contributed by atoms with E-state index in [0.717, 1.165) is 16.3 Å². The number of benzene rings is 1. The van der Waals surface area contributed by atoms with E-state index < -0.39 is 10.0 Å². The lowest BCUT2D eigenvalue weighted by molar-refractivity contribution is 0.240. The highest BCUT2D eigenvalue weighted by molar-refractivity contribution is 7.89. The first kappa shape index (κ1) is 19.8. The van der Waals surface area contributed by atoms with Gasteiger partial charge in [0, 0.05) is 29.1 Å². The van der Waals surface area contributed by atoms with Gasteiger partial charge in [-0.3, -0.25) is 0 Å². The lowest BCUT2D eigenvalue weighted by atomic mass is 10.1. The number of hydrogen-bond acceptors (Lipinski definition) is 6. The van der Waals surface area contributed by atoms with E-state index in [9.17, 15) is 8.42 Å². The van der Waals surface area contributed by atoms with Crippen LogP contribution in [0.15, 0.2) is 46.8 Å². The Morgan fingerprint density at radius 1 is 1.26 bits per heavy atom. The molecule has 0 aliphatic rings. The molecule has 6 nitrogen and oxygen atoms in total. The monoisotopic (exact) mass is 423 g/mol. The summed E-state index contributed by atoms with van der Waals surface area (Å²) in [5.41, 5.74) is 2.37. The quantitative estimate of drug-likeness (QED) is 0.607. The third-order valence-electron chi connectivity index (χ3n) is 3.64. The molecule has 0 spiro atoms. The van der Waals surface area contributed by atoms with Crippen LogP contribution in [0.4, 0.5) is 0 Å². The number of nitrogens with two attached hydrogens (primary N) is 1.